The highest BCUT2D eigenvalue weighted by Crippen LogP contribution is 2.12. The van der Waals surface area contributed by atoms with E-state index in [2.05, 4.69) is 15.1 Å². The average Bonchev–Trinajstić information content (AvgIpc) is 2.58. The van der Waals surface area contributed by atoms with Gasteiger partial charge in [-0.1, -0.05) is 0 Å². The van der Waals surface area contributed by atoms with Gasteiger partial charge in [0.15, 0.2) is 0 Å². The summed E-state index contributed by atoms with van der Waals surface area (Å²) in [6.07, 6.45) is 1.14. The molecular weight excluding hydrogens is 204 g/mol. The predicted molar refractivity (Wildman–Crippen MR) is 59.3 cm³/mol. The third-order valence-electron chi connectivity index (χ3n) is 2.32. The molecule has 2 rings (SSSR count). The molecule has 0 amide bonds. The number of pyridine rings is 1. The summed E-state index contributed by atoms with van der Waals surface area (Å²) in [5, 5.41) is 13.6. The molecule has 0 radical (unpaired) electrons. The summed E-state index contributed by atoms with van der Waals surface area (Å²) in [6, 6.07) is 3.66. The van der Waals surface area contributed by atoms with Crippen LogP contribution in [0.25, 0.3) is 5.69 Å². The minimum absolute atomic E-state index is 0.548. The van der Waals surface area contributed by atoms with Crippen molar-refractivity contribution in [1.82, 2.24) is 19.7 Å². The molecule has 0 aliphatic rings. The van der Waals surface area contributed by atoms with E-state index in [-0.39, 0.29) is 0 Å². The minimum Gasteiger partial charge on any atom is -0.387 e. The maximum Gasteiger partial charge on any atom is 0.148 e. The highest BCUT2D eigenvalue weighted by molar-refractivity contribution is 5.29. The molecule has 0 aliphatic carbocycles. The van der Waals surface area contributed by atoms with Crippen molar-refractivity contribution in [3.05, 3.63) is 35.7 Å². The summed E-state index contributed by atoms with van der Waals surface area (Å²) in [7, 11) is 0. The van der Waals surface area contributed by atoms with Gasteiger partial charge in [0.2, 0.25) is 0 Å². The van der Waals surface area contributed by atoms with Gasteiger partial charge in [0.05, 0.1) is 23.7 Å². The molecular formula is C11H14N4O. The van der Waals surface area contributed by atoms with Gasteiger partial charge in [-0.2, -0.15) is 5.10 Å². The first kappa shape index (κ1) is 10.8. The fraction of sp³-hybridized carbons (Fsp3) is 0.364. The molecule has 1 unspecified atom stereocenters. The molecule has 1 atom stereocenters. The van der Waals surface area contributed by atoms with Crippen LogP contribution in [-0.2, 0) is 0 Å². The standard InChI is InChI=1S/C11H14N4O/c1-7(16)11-5-4-10(6-12-11)15-9(3)13-8(2)14-15/h4-7,16H,1-3H3. The molecule has 0 aliphatic heterocycles. The molecule has 5 nitrogen and oxygen atoms in total. The summed E-state index contributed by atoms with van der Waals surface area (Å²) >= 11 is 0. The molecule has 2 aromatic rings. The molecule has 0 fully saturated rings. The predicted octanol–water partition coefficient (Wildman–Crippen LogP) is 1.33. The topological polar surface area (TPSA) is 63.8 Å². The van der Waals surface area contributed by atoms with Crippen LogP contribution in [0, 0.1) is 13.8 Å². The van der Waals surface area contributed by atoms with Crippen LogP contribution in [0.2, 0.25) is 0 Å². The summed E-state index contributed by atoms with van der Waals surface area (Å²) in [5.74, 6) is 1.56. The van der Waals surface area contributed by atoms with Gasteiger partial charge < -0.3 is 5.11 Å². The SMILES string of the molecule is Cc1nc(C)n(-c2ccc(C(C)O)nc2)n1. The maximum absolute atomic E-state index is 9.35. The number of rotatable bonds is 2. The molecule has 0 aromatic carbocycles. The number of aromatic nitrogens is 4. The van der Waals surface area contributed by atoms with Crippen molar-refractivity contribution in [2.24, 2.45) is 0 Å². The van der Waals surface area contributed by atoms with Crippen LogP contribution < -0.4 is 0 Å². The second-order valence-corrected chi connectivity index (χ2v) is 3.74. The Hall–Kier alpha value is -1.75. The molecule has 5 heteroatoms. The fourth-order valence-corrected chi connectivity index (χ4v) is 1.54. The smallest absolute Gasteiger partial charge is 0.148 e. The van der Waals surface area contributed by atoms with Crippen LogP contribution in [0.1, 0.15) is 30.4 Å². The van der Waals surface area contributed by atoms with Gasteiger partial charge in [-0.15, -0.1) is 0 Å². The number of hydrogen-bond donors (Lipinski definition) is 1. The van der Waals surface area contributed by atoms with E-state index in [4.69, 9.17) is 0 Å². The van der Waals surface area contributed by atoms with Crippen LogP contribution in [0.5, 0.6) is 0 Å². The third-order valence-corrected chi connectivity index (χ3v) is 2.32. The average molecular weight is 218 g/mol. The first-order valence-electron chi connectivity index (χ1n) is 5.12. The second kappa shape index (κ2) is 4.02. The first-order chi connectivity index (χ1) is 7.58. The fourth-order valence-electron chi connectivity index (χ4n) is 1.54. The van der Waals surface area contributed by atoms with Crippen molar-refractivity contribution in [2.45, 2.75) is 26.9 Å². The van der Waals surface area contributed by atoms with Gasteiger partial charge in [0.25, 0.3) is 0 Å². The molecule has 16 heavy (non-hydrogen) atoms. The number of aliphatic hydroxyl groups excluding tert-OH is 1. The summed E-state index contributed by atoms with van der Waals surface area (Å²) in [6.45, 7) is 5.43. The van der Waals surface area contributed by atoms with E-state index in [1.54, 1.807) is 23.9 Å². The molecule has 2 aromatic heterocycles. The summed E-state index contributed by atoms with van der Waals surface area (Å²) in [5.41, 5.74) is 1.50. The molecule has 0 saturated heterocycles. The zero-order chi connectivity index (χ0) is 11.7. The van der Waals surface area contributed by atoms with E-state index in [9.17, 15) is 5.11 Å². The number of aliphatic hydroxyl groups is 1. The van der Waals surface area contributed by atoms with E-state index in [1.165, 1.54) is 0 Å². The van der Waals surface area contributed by atoms with Gasteiger partial charge in [-0.3, -0.25) is 4.98 Å². The Morgan fingerprint density at radius 1 is 1.31 bits per heavy atom. The molecule has 2 heterocycles. The summed E-state index contributed by atoms with van der Waals surface area (Å²) in [4.78, 5) is 8.39. The lowest BCUT2D eigenvalue weighted by atomic mass is 10.2. The second-order valence-electron chi connectivity index (χ2n) is 3.74. The van der Waals surface area contributed by atoms with Gasteiger partial charge >= 0.3 is 0 Å². The maximum atomic E-state index is 9.35. The Bertz CT molecular complexity index is 487. The van der Waals surface area contributed by atoms with Crippen molar-refractivity contribution in [3.63, 3.8) is 0 Å². The Kier molecular flexibility index (Phi) is 2.70. The number of nitrogens with zero attached hydrogens (tertiary/aromatic N) is 4. The largest absolute Gasteiger partial charge is 0.387 e. The number of aryl methyl sites for hydroxylation is 2. The van der Waals surface area contributed by atoms with Crippen molar-refractivity contribution in [2.75, 3.05) is 0 Å². The van der Waals surface area contributed by atoms with Crippen LogP contribution in [0.4, 0.5) is 0 Å². The first-order valence-corrected chi connectivity index (χ1v) is 5.12. The lowest BCUT2D eigenvalue weighted by Crippen LogP contribution is -2.02. The van der Waals surface area contributed by atoms with Gasteiger partial charge in [0, 0.05) is 0 Å². The van der Waals surface area contributed by atoms with E-state index in [0.717, 1.165) is 17.3 Å². The Labute approximate surface area is 93.8 Å². The zero-order valence-electron chi connectivity index (χ0n) is 9.55. The van der Waals surface area contributed by atoms with Crippen LogP contribution in [0.3, 0.4) is 0 Å². The Morgan fingerprint density at radius 2 is 2.06 bits per heavy atom. The van der Waals surface area contributed by atoms with Crippen molar-refractivity contribution < 1.29 is 5.11 Å². The Morgan fingerprint density at radius 3 is 2.50 bits per heavy atom. The van der Waals surface area contributed by atoms with Crippen molar-refractivity contribution in [3.8, 4) is 5.69 Å². The van der Waals surface area contributed by atoms with Gasteiger partial charge in [-0.05, 0) is 32.9 Å². The molecule has 0 spiro atoms. The van der Waals surface area contributed by atoms with Crippen LogP contribution in [0.15, 0.2) is 18.3 Å². The normalized spacial score (nSPS) is 12.8. The molecule has 0 bridgehead atoms. The van der Waals surface area contributed by atoms with Crippen molar-refractivity contribution >= 4 is 0 Å². The van der Waals surface area contributed by atoms with Gasteiger partial charge in [0.1, 0.15) is 11.6 Å². The monoisotopic (exact) mass is 218 g/mol. The zero-order valence-corrected chi connectivity index (χ0v) is 9.55. The number of hydrogen-bond acceptors (Lipinski definition) is 4. The Balaban J connectivity index is 2.38. The molecule has 84 valence electrons. The quantitative estimate of drug-likeness (QED) is 0.826. The highest BCUT2D eigenvalue weighted by Gasteiger charge is 2.07. The lowest BCUT2D eigenvalue weighted by molar-refractivity contribution is 0.194. The van der Waals surface area contributed by atoms with Crippen molar-refractivity contribution in [1.29, 1.82) is 0 Å². The van der Waals surface area contributed by atoms with E-state index >= 15 is 0 Å². The van der Waals surface area contributed by atoms with Crippen LogP contribution in [-0.4, -0.2) is 24.9 Å². The molecule has 1 N–H and O–H groups in total. The lowest BCUT2D eigenvalue weighted by Gasteiger charge is -2.05. The molecule has 0 saturated carbocycles. The minimum atomic E-state index is -0.548. The summed E-state index contributed by atoms with van der Waals surface area (Å²) < 4.78 is 1.73. The van der Waals surface area contributed by atoms with Gasteiger partial charge in [-0.25, -0.2) is 9.67 Å². The van der Waals surface area contributed by atoms with E-state index in [1.807, 2.05) is 19.9 Å². The highest BCUT2D eigenvalue weighted by atomic mass is 16.3. The van der Waals surface area contributed by atoms with E-state index < -0.39 is 6.10 Å². The van der Waals surface area contributed by atoms with E-state index in [0.29, 0.717) is 5.69 Å². The van der Waals surface area contributed by atoms with Crippen LogP contribution >= 0.6 is 0 Å². The third kappa shape index (κ3) is 1.94.